The van der Waals surface area contributed by atoms with Gasteiger partial charge in [0.1, 0.15) is 0 Å². The van der Waals surface area contributed by atoms with E-state index < -0.39 is 0 Å². The molecule has 0 fully saturated rings. The van der Waals surface area contributed by atoms with Crippen molar-refractivity contribution < 1.29 is 0 Å². The molecule has 75 heavy (non-hydrogen) atoms. The molecule has 0 atom stereocenters. The second kappa shape index (κ2) is 25.2. The molecule has 0 aliphatic rings. The first-order chi connectivity index (χ1) is 37.0. The summed E-state index contributed by atoms with van der Waals surface area (Å²) >= 11 is 0. The molecule has 6 heterocycles. The van der Waals surface area contributed by atoms with Crippen molar-refractivity contribution in [2.45, 2.75) is 234 Å². The predicted octanol–water partition coefficient (Wildman–Crippen LogP) is 22.1. The van der Waals surface area contributed by atoms with Crippen LogP contribution in [0, 0.1) is 0 Å². The van der Waals surface area contributed by atoms with Gasteiger partial charge in [-0.2, -0.15) is 0 Å². The molecule has 0 unspecified atom stereocenters. The Hall–Kier alpha value is -5.28. The van der Waals surface area contributed by atoms with Crippen LogP contribution in [0.1, 0.15) is 229 Å². The number of aryl methyl sites for hydroxylation is 6. The molecule has 0 aliphatic heterocycles. The van der Waals surface area contributed by atoms with Crippen molar-refractivity contribution >= 4 is 81.6 Å². The van der Waals surface area contributed by atoms with Crippen LogP contribution in [0.4, 0.5) is 0 Å². The molecule has 0 aliphatic carbocycles. The van der Waals surface area contributed by atoms with E-state index in [-0.39, 0.29) is 0 Å². The molecule has 10 aromatic rings. The maximum atomic E-state index is 2.74. The van der Waals surface area contributed by atoms with E-state index in [1.807, 2.05) is 0 Å². The molecule has 4 aromatic carbocycles. The number of aromatic nitrogens is 3. The number of hydrogen-bond acceptors (Lipinski definition) is 0. The average Bonchev–Trinajstić information content (AvgIpc) is 4.29. The van der Waals surface area contributed by atoms with Gasteiger partial charge in [-0.25, -0.2) is 0 Å². The third kappa shape index (κ3) is 10.7. The Labute approximate surface area is 451 Å². The molecule has 0 N–H and O–H groups in total. The summed E-state index contributed by atoms with van der Waals surface area (Å²) in [4.78, 5) is 0. The number of unbranched alkanes of at least 4 members (excludes halogenated alkanes) is 18. The molecule has 6 aromatic heterocycles. The van der Waals surface area contributed by atoms with E-state index in [4.69, 9.17) is 0 Å². The first-order valence-electron chi connectivity index (χ1n) is 31.3. The molecule has 396 valence electrons. The fourth-order valence-corrected chi connectivity index (χ4v) is 13.8. The van der Waals surface area contributed by atoms with E-state index in [1.165, 1.54) is 236 Å². The van der Waals surface area contributed by atoms with Crippen LogP contribution in [0.25, 0.3) is 81.6 Å². The van der Waals surface area contributed by atoms with Crippen molar-refractivity contribution in [3.63, 3.8) is 0 Å². The highest BCUT2D eigenvalue weighted by Gasteiger charge is 2.26. The molecule has 3 heteroatoms. The largest absolute Gasteiger partial charge is 0.315 e. The van der Waals surface area contributed by atoms with Gasteiger partial charge in [0.25, 0.3) is 0 Å². The predicted molar refractivity (Wildman–Crippen MR) is 331 cm³/mol. The van der Waals surface area contributed by atoms with Gasteiger partial charge in [0, 0.05) is 50.9 Å². The monoisotopic (exact) mass is 1000 g/mol. The minimum Gasteiger partial charge on any atom is -0.315 e. The number of rotatable bonds is 30. The Morgan fingerprint density at radius 3 is 0.680 bits per heavy atom. The highest BCUT2D eigenvalue weighted by Crippen LogP contribution is 2.48. The van der Waals surface area contributed by atoms with E-state index in [0.717, 1.165) is 38.5 Å². The van der Waals surface area contributed by atoms with E-state index in [2.05, 4.69) is 146 Å². The lowest BCUT2D eigenvalue weighted by atomic mass is 9.87. The first kappa shape index (κ1) is 53.1. The Bertz CT molecular complexity index is 3130. The summed E-state index contributed by atoms with van der Waals surface area (Å²) in [7, 11) is 0. The normalized spacial score (nSPS) is 12.4. The lowest BCUT2D eigenvalue weighted by Gasteiger charge is -2.24. The van der Waals surface area contributed by atoms with Crippen molar-refractivity contribution in [2.24, 2.45) is 0 Å². The van der Waals surface area contributed by atoms with E-state index in [1.54, 1.807) is 33.4 Å². The molecule has 10 rings (SSSR count). The van der Waals surface area contributed by atoms with Crippen molar-refractivity contribution in [2.75, 3.05) is 0 Å². The first-order valence-corrected chi connectivity index (χ1v) is 31.3. The summed E-state index contributed by atoms with van der Waals surface area (Å²) < 4.78 is 7.94. The van der Waals surface area contributed by atoms with Crippen LogP contribution < -0.4 is 0 Å². The highest BCUT2D eigenvalue weighted by molar-refractivity contribution is 6.39. The van der Waals surface area contributed by atoms with Crippen LogP contribution in [-0.4, -0.2) is 13.2 Å². The minimum absolute atomic E-state index is 1.15. The Morgan fingerprint density at radius 1 is 0.253 bits per heavy atom. The zero-order valence-electron chi connectivity index (χ0n) is 47.7. The summed E-state index contributed by atoms with van der Waals surface area (Å²) in [5.74, 6) is 0. The quantitative estimate of drug-likeness (QED) is 0.0315. The van der Waals surface area contributed by atoms with E-state index in [9.17, 15) is 0 Å². The van der Waals surface area contributed by atoms with Gasteiger partial charge in [0.2, 0.25) is 0 Å². The van der Waals surface area contributed by atoms with Gasteiger partial charge in [-0.3, -0.25) is 0 Å². The summed E-state index contributed by atoms with van der Waals surface area (Å²) in [6.07, 6.45) is 45.0. The molecule has 0 bridgehead atoms. The maximum Gasteiger partial charge on any atom is 0.0655 e. The number of pyridine rings is 3. The van der Waals surface area contributed by atoms with Gasteiger partial charge in [-0.05, 0) is 181 Å². The Morgan fingerprint density at radius 2 is 0.467 bits per heavy atom. The van der Waals surface area contributed by atoms with Crippen molar-refractivity contribution in [3.05, 3.63) is 125 Å². The number of benzene rings is 4. The zero-order chi connectivity index (χ0) is 51.7. The molecule has 0 saturated heterocycles. The Kier molecular flexibility index (Phi) is 17.9. The molecule has 0 radical (unpaired) electrons. The van der Waals surface area contributed by atoms with Crippen LogP contribution in [0.2, 0.25) is 0 Å². The van der Waals surface area contributed by atoms with Gasteiger partial charge in [-0.1, -0.05) is 175 Å². The summed E-state index contributed by atoms with van der Waals surface area (Å²) in [6.45, 7) is 14.1. The van der Waals surface area contributed by atoms with E-state index >= 15 is 0 Å². The van der Waals surface area contributed by atoms with Gasteiger partial charge >= 0.3 is 0 Å². The third-order valence-electron chi connectivity index (χ3n) is 17.8. The summed E-state index contributed by atoms with van der Waals surface area (Å²) in [5.41, 5.74) is 17.6. The number of fused-ring (bicyclic) bond motifs is 21. The van der Waals surface area contributed by atoms with Crippen LogP contribution in [0.5, 0.6) is 0 Å². The van der Waals surface area contributed by atoms with Crippen molar-refractivity contribution in [3.8, 4) is 0 Å². The van der Waals surface area contributed by atoms with Gasteiger partial charge in [0.15, 0.2) is 0 Å². The fourth-order valence-electron chi connectivity index (χ4n) is 13.8. The van der Waals surface area contributed by atoms with Gasteiger partial charge < -0.3 is 13.2 Å². The van der Waals surface area contributed by atoms with Crippen molar-refractivity contribution in [1.82, 2.24) is 13.2 Å². The van der Waals surface area contributed by atoms with E-state index in [0.29, 0.717) is 0 Å². The summed E-state index contributed by atoms with van der Waals surface area (Å²) in [6, 6.07) is 30.6. The van der Waals surface area contributed by atoms with Gasteiger partial charge in [0.05, 0.1) is 33.1 Å². The standard InChI is InChI=1S/C72H93N3/c1-7-13-19-25-34-52-46-58-61(49-55(52)37-28-22-16-10-4)67-70(73-43-31-40-64(58)73)68-62-50-56(38-29-23-17-11-5)53(35-26-20-14-8-2)47-59(62)66-42-33-45-75(66)72(68)69-63-51-57(39-30-24-18-12-6)54(36-27-21-15-9-3)48-60(63)65-41-32-44-74(65)71(67)69/h31-33,40-51H,7-30,34-39H2,1-6H3. The SMILES string of the molecule is CCCCCCc1cc2c(cc1CCCCCC)c1cccn1c1c3c4cc(CCCCCC)c(CCCCCC)cc4c4cccn4c3c3c4cc(CCCCCC)c(CCCCCC)cc4c4cccn4c3c21. The molecular formula is C72H93N3. The fraction of sp³-hybridized carbons (Fsp3) is 0.500. The highest BCUT2D eigenvalue weighted by atomic mass is 14.9. The second-order valence-corrected chi connectivity index (χ2v) is 23.3. The topological polar surface area (TPSA) is 13.2 Å². The second-order valence-electron chi connectivity index (χ2n) is 23.3. The van der Waals surface area contributed by atoms with Crippen LogP contribution in [0.15, 0.2) is 91.4 Å². The summed E-state index contributed by atoms with van der Waals surface area (Å²) in [5, 5.41) is 12.8. The smallest absolute Gasteiger partial charge is 0.0655 e. The van der Waals surface area contributed by atoms with Crippen LogP contribution in [-0.2, 0) is 38.5 Å². The van der Waals surface area contributed by atoms with Crippen LogP contribution >= 0.6 is 0 Å². The molecule has 0 spiro atoms. The Balaban J connectivity index is 1.40. The molecule has 3 nitrogen and oxygen atoms in total. The van der Waals surface area contributed by atoms with Crippen LogP contribution in [0.3, 0.4) is 0 Å². The number of nitrogens with zero attached hydrogens (tertiary/aromatic N) is 3. The average molecular weight is 1000 g/mol. The van der Waals surface area contributed by atoms with Gasteiger partial charge in [-0.15, -0.1) is 0 Å². The maximum absolute atomic E-state index is 2.74. The minimum atomic E-state index is 1.15. The third-order valence-corrected chi connectivity index (χ3v) is 17.8. The molecule has 0 saturated carbocycles. The molecule has 0 amide bonds. The zero-order valence-corrected chi connectivity index (χ0v) is 47.7. The molecular weight excluding hydrogens is 907 g/mol. The number of hydrogen-bond donors (Lipinski definition) is 0. The lowest BCUT2D eigenvalue weighted by molar-refractivity contribution is 0.651. The van der Waals surface area contributed by atoms with Crippen molar-refractivity contribution in [1.29, 1.82) is 0 Å². The lowest BCUT2D eigenvalue weighted by Crippen LogP contribution is -2.04.